The fourth-order valence-electron chi connectivity index (χ4n) is 2.37. The molecule has 0 saturated carbocycles. The normalized spacial score (nSPS) is 10.0. The minimum atomic E-state index is -0.462. The molecule has 28 heavy (non-hydrogen) atoms. The molecular formula is C20H22O8. The lowest BCUT2D eigenvalue weighted by molar-refractivity contribution is 0.0591. The van der Waals surface area contributed by atoms with Crippen LogP contribution >= 0.6 is 0 Å². The lowest BCUT2D eigenvalue weighted by Gasteiger charge is -2.14. The molecule has 0 radical (unpaired) electrons. The zero-order valence-corrected chi connectivity index (χ0v) is 16.1. The Balaban J connectivity index is 1.97. The Morgan fingerprint density at radius 2 is 1.04 bits per heavy atom. The maximum atomic E-state index is 11.6. The molecular weight excluding hydrogens is 368 g/mol. The van der Waals surface area contributed by atoms with Crippen LogP contribution in [0.2, 0.25) is 0 Å². The quantitative estimate of drug-likeness (QED) is 0.477. The van der Waals surface area contributed by atoms with Crippen LogP contribution in [0.5, 0.6) is 23.0 Å². The molecule has 0 aliphatic heterocycles. The van der Waals surface area contributed by atoms with Crippen LogP contribution in [-0.4, -0.2) is 53.6 Å². The largest absolute Gasteiger partial charge is 0.493 e. The summed E-state index contributed by atoms with van der Waals surface area (Å²) in [6.07, 6.45) is 0. The van der Waals surface area contributed by atoms with Crippen LogP contribution in [0.1, 0.15) is 20.7 Å². The Morgan fingerprint density at radius 3 is 1.36 bits per heavy atom. The van der Waals surface area contributed by atoms with Crippen LogP contribution in [0, 0.1) is 0 Å². The minimum absolute atomic E-state index is 0.218. The average Bonchev–Trinajstić information content (AvgIpc) is 2.75. The highest BCUT2D eigenvalue weighted by molar-refractivity contribution is 5.90. The Hall–Kier alpha value is -3.42. The first-order valence-corrected chi connectivity index (χ1v) is 8.32. The first-order valence-electron chi connectivity index (χ1n) is 8.32. The molecule has 150 valence electrons. The van der Waals surface area contributed by atoms with Crippen molar-refractivity contribution in [3.8, 4) is 23.0 Å². The van der Waals surface area contributed by atoms with E-state index in [4.69, 9.17) is 18.9 Å². The van der Waals surface area contributed by atoms with E-state index in [1.165, 1.54) is 40.6 Å². The van der Waals surface area contributed by atoms with Gasteiger partial charge in [0.2, 0.25) is 0 Å². The third kappa shape index (κ3) is 5.06. The summed E-state index contributed by atoms with van der Waals surface area (Å²) in [5.41, 5.74) is 0.719. The van der Waals surface area contributed by atoms with Crippen molar-refractivity contribution in [2.24, 2.45) is 0 Å². The number of hydrogen-bond acceptors (Lipinski definition) is 8. The summed E-state index contributed by atoms with van der Waals surface area (Å²) in [4.78, 5) is 23.2. The fraction of sp³-hybridized carbons (Fsp3) is 0.300. The predicted octanol–water partition coefficient (Wildman–Crippen LogP) is 2.73. The second-order valence-corrected chi connectivity index (χ2v) is 5.41. The third-order valence-electron chi connectivity index (χ3n) is 3.77. The van der Waals surface area contributed by atoms with Gasteiger partial charge in [-0.2, -0.15) is 0 Å². The van der Waals surface area contributed by atoms with Gasteiger partial charge in [0.05, 0.1) is 39.6 Å². The number of hydrogen-bond donors (Lipinski definition) is 0. The molecule has 2 aromatic carbocycles. The molecule has 2 rings (SSSR count). The van der Waals surface area contributed by atoms with Gasteiger partial charge in [0.25, 0.3) is 0 Å². The van der Waals surface area contributed by atoms with Crippen LogP contribution < -0.4 is 18.9 Å². The predicted molar refractivity (Wildman–Crippen MR) is 99.7 cm³/mol. The number of esters is 2. The molecule has 0 aromatic heterocycles. The van der Waals surface area contributed by atoms with E-state index in [-0.39, 0.29) is 13.2 Å². The van der Waals surface area contributed by atoms with Gasteiger partial charge in [0, 0.05) is 0 Å². The highest BCUT2D eigenvalue weighted by atomic mass is 16.6. The van der Waals surface area contributed by atoms with Crippen molar-refractivity contribution in [1.29, 1.82) is 0 Å². The van der Waals surface area contributed by atoms with E-state index in [1.807, 2.05) is 0 Å². The van der Waals surface area contributed by atoms with Crippen molar-refractivity contribution >= 4 is 11.9 Å². The van der Waals surface area contributed by atoms with Gasteiger partial charge in [0.1, 0.15) is 13.2 Å². The number of benzene rings is 2. The van der Waals surface area contributed by atoms with E-state index in [0.29, 0.717) is 34.1 Å². The molecule has 0 aliphatic carbocycles. The zero-order valence-electron chi connectivity index (χ0n) is 16.1. The van der Waals surface area contributed by atoms with Crippen molar-refractivity contribution in [2.45, 2.75) is 0 Å². The maximum Gasteiger partial charge on any atom is 0.337 e. The molecule has 0 amide bonds. The number of ether oxygens (including phenoxy) is 6. The van der Waals surface area contributed by atoms with Crippen molar-refractivity contribution in [3.05, 3.63) is 47.5 Å². The van der Waals surface area contributed by atoms with Crippen LogP contribution in [-0.2, 0) is 9.47 Å². The number of carbonyl (C=O) groups excluding carboxylic acids is 2. The van der Waals surface area contributed by atoms with Crippen molar-refractivity contribution in [2.75, 3.05) is 41.7 Å². The van der Waals surface area contributed by atoms with E-state index in [1.54, 1.807) is 24.3 Å². The van der Waals surface area contributed by atoms with Gasteiger partial charge in [0.15, 0.2) is 23.0 Å². The van der Waals surface area contributed by atoms with Gasteiger partial charge in [-0.15, -0.1) is 0 Å². The number of rotatable bonds is 9. The molecule has 0 bridgehead atoms. The molecule has 0 aliphatic rings. The second kappa shape index (κ2) is 10.1. The molecule has 8 nitrogen and oxygen atoms in total. The summed E-state index contributed by atoms with van der Waals surface area (Å²) in [6.45, 7) is 0.436. The molecule has 2 aromatic rings. The maximum absolute atomic E-state index is 11.6. The molecule has 0 saturated heterocycles. The van der Waals surface area contributed by atoms with Crippen molar-refractivity contribution < 1.29 is 38.0 Å². The summed E-state index contributed by atoms with van der Waals surface area (Å²) in [5.74, 6) is 0.815. The standard InChI is InChI=1S/C20H22O8/c1-23-17-11-13(19(21)25-3)5-7-15(17)27-9-10-28-16-8-6-14(20(22)26-4)12-18(16)24-2/h5-8,11-12H,9-10H2,1-4H3. The summed E-state index contributed by atoms with van der Waals surface area (Å²) in [6, 6.07) is 9.49. The lowest BCUT2D eigenvalue weighted by atomic mass is 10.2. The van der Waals surface area contributed by atoms with Gasteiger partial charge in [-0.3, -0.25) is 0 Å². The smallest absolute Gasteiger partial charge is 0.337 e. The Labute approximate surface area is 162 Å². The average molecular weight is 390 g/mol. The summed E-state index contributed by atoms with van der Waals surface area (Å²) in [7, 11) is 5.58. The highest BCUT2D eigenvalue weighted by Crippen LogP contribution is 2.30. The van der Waals surface area contributed by atoms with E-state index in [9.17, 15) is 9.59 Å². The van der Waals surface area contributed by atoms with E-state index in [0.717, 1.165) is 0 Å². The summed E-state index contributed by atoms with van der Waals surface area (Å²) < 4.78 is 31.1. The number of carbonyl (C=O) groups is 2. The zero-order chi connectivity index (χ0) is 20.5. The SMILES string of the molecule is COC(=O)c1ccc(OCCOc2ccc(C(=O)OC)cc2OC)c(OC)c1. The Bertz CT molecular complexity index is 761. The third-order valence-corrected chi connectivity index (χ3v) is 3.77. The van der Waals surface area contributed by atoms with Gasteiger partial charge < -0.3 is 28.4 Å². The van der Waals surface area contributed by atoms with Gasteiger partial charge in [-0.25, -0.2) is 9.59 Å². The van der Waals surface area contributed by atoms with E-state index in [2.05, 4.69) is 9.47 Å². The Morgan fingerprint density at radius 1 is 0.643 bits per heavy atom. The molecule has 0 atom stereocenters. The Kier molecular flexibility index (Phi) is 7.50. The lowest BCUT2D eigenvalue weighted by Crippen LogP contribution is -2.11. The summed E-state index contributed by atoms with van der Waals surface area (Å²) >= 11 is 0. The van der Waals surface area contributed by atoms with Crippen LogP contribution in [0.3, 0.4) is 0 Å². The van der Waals surface area contributed by atoms with Crippen LogP contribution in [0.25, 0.3) is 0 Å². The monoisotopic (exact) mass is 390 g/mol. The van der Waals surface area contributed by atoms with Crippen LogP contribution in [0.4, 0.5) is 0 Å². The first kappa shape index (κ1) is 20.9. The van der Waals surface area contributed by atoms with Crippen LogP contribution in [0.15, 0.2) is 36.4 Å². The van der Waals surface area contributed by atoms with E-state index < -0.39 is 11.9 Å². The minimum Gasteiger partial charge on any atom is -0.493 e. The molecule has 0 heterocycles. The molecule has 8 heteroatoms. The van der Waals surface area contributed by atoms with Gasteiger partial charge >= 0.3 is 11.9 Å². The van der Waals surface area contributed by atoms with E-state index >= 15 is 0 Å². The highest BCUT2D eigenvalue weighted by Gasteiger charge is 2.13. The summed E-state index contributed by atoms with van der Waals surface area (Å²) in [5, 5.41) is 0. The molecule has 0 unspecified atom stereocenters. The van der Waals surface area contributed by atoms with Crippen molar-refractivity contribution in [3.63, 3.8) is 0 Å². The fourth-order valence-corrected chi connectivity index (χ4v) is 2.37. The molecule has 0 N–H and O–H groups in total. The number of methoxy groups -OCH3 is 4. The van der Waals surface area contributed by atoms with Gasteiger partial charge in [-0.05, 0) is 36.4 Å². The topological polar surface area (TPSA) is 89.5 Å². The molecule has 0 spiro atoms. The second-order valence-electron chi connectivity index (χ2n) is 5.41. The first-order chi connectivity index (χ1) is 13.5. The molecule has 0 fully saturated rings. The van der Waals surface area contributed by atoms with Crippen molar-refractivity contribution in [1.82, 2.24) is 0 Å². The van der Waals surface area contributed by atoms with Gasteiger partial charge in [-0.1, -0.05) is 0 Å².